The second kappa shape index (κ2) is 6.50. The van der Waals surface area contributed by atoms with Gasteiger partial charge in [-0.15, -0.1) is 6.07 Å². The normalized spacial score (nSPS) is 12.1. The number of pyridine rings is 1. The maximum absolute atomic E-state index is 12.6. The van der Waals surface area contributed by atoms with Crippen LogP contribution in [0.3, 0.4) is 0 Å². The monoisotopic (exact) mass is 489 g/mol. The molecule has 0 aliphatic carbocycles. The average Bonchev–Trinajstić information content (AvgIpc) is 2.86. The van der Waals surface area contributed by atoms with Crippen LogP contribution in [0.25, 0.3) is 5.82 Å². The van der Waals surface area contributed by atoms with E-state index in [0.29, 0.717) is 12.2 Å². The average molecular weight is 489 g/mol. The van der Waals surface area contributed by atoms with Crippen LogP contribution < -0.4 is 0 Å². The fourth-order valence-electron chi connectivity index (χ4n) is 1.84. The topological polar surface area (TPSA) is 30.7 Å². The first-order chi connectivity index (χ1) is 9.61. The largest absolute Gasteiger partial charge is 0.388 e. The summed E-state index contributed by atoms with van der Waals surface area (Å²) in [6.07, 6.45) is -1.29. The van der Waals surface area contributed by atoms with Gasteiger partial charge in [0.25, 0.3) is 0 Å². The van der Waals surface area contributed by atoms with E-state index in [1.54, 1.807) is 6.07 Å². The minimum absolute atomic E-state index is 0. The van der Waals surface area contributed by atoms with Crippen LogP contribution in [0.1, 0.15) is 44.6 Å². The van der Waals surface area contributed by atoms with Gasteiger partial charge in [0.05, 0.1) is 11.5 Å². The van der Waals surface area contributed by atoms with Gasteiger partial charge >= 0.3 is 6.18 Å². The van der Waals surface area contributed by atoms with E-state index >= 15 is 0 Å². The van der Waals surface area contributed by atoms with Gasteiger partial charge in [-0.05, 0) is 23.5 Å². The summed E-state index contributed by atoms with van der Waals surface area (Å²) in [5.74, 6) is 0.356. The summed E-state index contributed by atoms with van der Waals surface area (Å²) in [7, 11) is 0. The Kier molecular flexibility index (Phi) is 5.57. The first-order valence-electron chi connectivity index (χ1n) is 6.68. The summed E-state index contributed by atoms with van der Waals surface area (Å²) >= 11 is 0. The second-order valence-electron chi connectivity index (χ2n) is 5.88. The number of aryl methyl sites for hydroxylation is 1. The van der Waals surface area contributed by atoms with Gasteiger partial charge in [-0.25, -0.2) is 0 Å². The number of nitrogens with zero attached hydrogens (tertiary/aromatic N) is 3. The number of aromatic nitrogens is 3. The molecule has 3 nitrogen and oxygen atoms in total. The van der Waals surface area contributed by atoms with E-state index in [1.165, 1.54) is 0 Å². The van der Waals surface area contributed by atoms with Crippen molar-refractivity contribution in [3.05, 3.63) is 41.3 Å². The summed E-state index contributed by atoms with van der Waals surface area (Å²) in [5.41, 5.74) is 0.724. The fraction of sp³-hybridized carbons (Fsp3) is 0.467. The predicted octanol–water partition coefficient (Wildman–Crippen LogP) is 3.94. The Balaban J connectivity index is 0.00000242. The molecular weight excluding hydrogens is 471 g/mol. The predicted molar refractivity (Wildman–Crippen MR) is 73.3 cm³/mol. The van der Waals surface area contributed by atoms with Crippen LogP contribution in [0.15, 0.2) is 18.2 Å². The SMILES string of the molecule is CCc1cc(C(C)(C)C)cc(-n2[c-]cc(C(F)(F)F)n2)n1.[Ir]. The number of halogens is 3. The summed E-state index contributed by atoms with van der Waals surface area (Å²) in [5, 5.41) is 3.52. The van der Waals surface area contributed by atoms with Crippen molar-refractivity contribution < 1.29 is 33.3 Å². The van der Waals surface area contributed by atoms with E-state index in [4.69, 9.17) is 0 Å². The Morgan fingerprint density at radius 3 is 2.27 bits per heavy atom. The number of alkyl halides is 3. The van der Waals surface area contributed by atoms with E-state index in [0.717, 1.165) is 22.0 Å². The molecule has 2 aromatic heterocycles. The van der Waals surface area contributed by atoms with Gasteiger partial charge in [-0.2, -0.15) is 13.2 Å². The standard InChI is InChI=1S/C15H17F3N3.Ir/c1-5-11-8-10(14(2,3)4)9-13(19-11)21-7-6-12(20-21)15(16,17)18;/h6,8-9H,5H2,1-4H3;/q-1;. The molecule has 0 N–H and O–H groups in total. The molecule has 7 heteroatoms. The van der Waals surface area contributed by atoms with Crippen molar-refractivity contribution in [2.24, 2.45) is 0 Å². The number of hydrogen-bond acceptors (Lipinski definition) is 2. The van der Waals surface area contributed by atoms with Crippen LogP contribution in [0.4, 0.5) is 13.2 Å². The smallest absolute Gasteiger partial charge is 0.343 e. The van der Waals surface area contributed by atoms with Gasteiger partial charge < -0.3 is 4.68 Å². The van der Waals surface area contributed by atoms with Crippen LogP contribution in [0.5, 0.6) is 0 Å². The Morgan fingerprint density at radius 2 is 1.82 bits per heavy atom. The quantitative estimate of drug-likeness (QED) is 0.600. The van der Waals surface area contributed by atoms with Crippen LogP contribution >= 0.6 is 0 Å². The molecule has 123 valence electrons. The molecule has 2 aromatic rings. The van der Waals surface area contributed by atoms with Gasteiger partial charge in [-0.3, -0.25) is 10.1 Å². The Labute approximate surface area is 141 Å². The Bertz CT molecular complexity index is 642. The summed E-state index contributed by atoms with van der Waals surface area (Å²) in [4.78, 5) is 4.33. The van der Waals surface area contributed by atoms with E-state index in [2.05, 4.69) is 16.3 Å². The van der Waals surface area contributed by atoms with Crippen molar-refractivity contribution in [3.8, 4) is 5.82 Å². The Morgan fingerprint density at radius 1 is 1.18 bits per heavy atom. The second-order valence-corrected chi connectivity index (χ2v) is 5.88. The molecule has 0 aliphatic heterocycles. The zero-order chi connectivity index (χ0) is 15.8. The van der Waals surface area contributed by atoms with Gasteiger partial charge in [-0.1, -0.05) is 40.0 Å². The van der Waals surface area contributed by atoms with Crippen molar-refractivity contribution in [2.75, 3.05) is 0 Å². The number of rotatable bonds is 2. The molecule has 0 aromatic carbocycles. The first kappa shape index (κ1) is 18.8. The third kappa shape index (κ3) is 4.17. The molecule has 0 saturated carbocycles. The summed E-state index contributed by atoms with van der Waals surface area (Å²) < 4.78 is 38.9. The zero-order valence-electron chi connectivity index (χ0n) is 12.7. The minimum atomic E-state index is -4.48. The molecule has 0 saturated heterocycles. The van der Waals surface area contributed by atoms with Crippen molar-refractivity contribution in [2.45, 2.75) is 45.7 Å². The molecule has 1 radical (unpaired) electrons. The fourth-order valence-corrected chi connectivity index (χ4v) is 1.84. The summed E-state index contributed by atoms with van der Waals surface area (Å²) in [6.45, 7) is 8.07. The Hall–Kier alpha value is -1.20. The molecule has 0 spiro atoms. The molecule has 2 rings (SSSR count). The van der Waals surface area contributed by atoms with Gasteiger partial charge in [0.2, 0.25) is 0 Å². The molecule has 0 amide bonds. The van der Waals surface area contributed by atoms with E-state index in [-0.39, 0.29) is 25.5 Å². The van der Waals surface area contributed by atoms with E-state index in [1.807, 2.05) is 33.8 Å². The van der Waals surface area contributed by atoms with Crippen LogP contribution in [0.2, 0.25) is 0 Å². The van der Waals surface area contributed by atoms with E-state index < -0.39 is 11.9 Å². The third-order valence-electron chi connectivity index (χ3n) is 3.13. The maximum Gasteiger partial charge on any atom is 0.388 e. The molecular formula is C15H17F3IrN3-. The van der Waals surface area contributed by atoms with Crippen molar-refractivity contribution >= 4 is 0 Å². The molecule has 0 unspecified atom stereocenters. The molecule has 2 heterocycles. The zero-order valence-corrected chi connectivity index (χ0v) is 15.1. The number of hydrogen-bond donors (Lipinski definition) is 0. The summed E-state index contributed by atoms with van der Waals surface area (Å²) in [6, 6.07) is 4.55. The molecule has 0 aliphatic rings. The molecule has 0 fully saturated rings. The first-order valence-corrected chi connectivity index (χ1v) is 6.68. The van der Waals surface area contributed by atoms with Gasteiger partial charge in [0.15, 0.2) is 0 Å². The third-order valence-corrected chi connectivity index (χ3v) is 3.13. The minimum Gasteiger partial charge on any atom is -0.343 e. The van der Waals surface area contributed by atoms with Crippen molar-refractivity contribution in [1.29, 1.82) is 0 Å². The molecule has 0 atom stereocenters. The van der Waals surface area contributed by atoms with E-state index in [9.17, 15) is 13.2 Å². The van der Waals surface area contributed by atoms with Gasteiger partial charge in [0.1, 0.15) is 0 Å². The molecule has 22 heavy (non-hydrogen) atoms. The van der Waals surface area contributed by atoms with Gasteiger partial charge in [0, 0.05) is 25.8 Å². The van der Waals surface area contributed by atoms with Crippen LogP contribution in [-0.2, 0) is 38.1 Å². The van der Waals surface area contributed by atoms with Crippen LogP contribution in [0, 0.1) is 6.20 Å². The molecule has 0 bridgehead atoms. The maximum atomic E-state index is 12.6. The van der Waals surface area contributed by atoms with Crippen LogP contribution in [-0.4, -0.2) is 14.8 Å². The van der Waals surface area contributed by atoms with Crippen molar-refractivity contribution in [1.82, 2.24) is 14.8 Å². The van der Waals surface area contributed by atoms with Crippen molar-refractivity contribution in [3.63, 3.8) is 0 Å².